The molecule has 1 N–H and O–H groups in total. The van der Waals surface area contributed by atoms with Crippen molar-refractivity contribution < 1.29 is 5.11 Å². The first-order chi connectivity index (χ1) is 6.77. The summed E-state index contributed by atoms with van der Waals surface area (Å²) in [7, 11) is 2.22. The summed E-state index contributed by atoms with van der Waals surface area (Å²) in [4.78, 5) is 4.80. The molecule has 1 atom stereocenters. The quantitative estimate of drug-likeness (QED) is 0.710. The molecule has 3 nitrogen and oxygen atoms in total. The molecule has 0 bridgehead atoms. The lowest BCUT2D eigenvalue weighted by molar-refractivity contribution is 0.117. The van der Waals surface area contributed by atoms with E-state index in [0.717, 1.165) is 19.6 Å². The van der Waals surface area contributed by atoms with Gasteiger partial charge in [-0.1, -0.05) is 13.3 Å². The number of nitrogens with zero attached hydrogens (tertiary/aromatic N) is 2. The van der Waals surface area contributed by atoms with Crippen molar-refractivity contribution in [3.63, 3.8) is 0 Å². The van der Waals surface area contributed by atoms with Crippen LogP contribution in [0.2, 0.25) is 0 Å². The monoisotopic (exact) mass is 200 g/mol. The van der Waals surface area contributed by atoms with Crippen molar-refractivity contribution in [1.29, 1.82) is 0 Å². The summed E-state index contributed by atoms with van der Waals surface area (Å²) in [5.74, 6) is 0. The van der Waals surface area contributed by atoms with E-state index in [0.29, 0.717) is 6.04 Å². The summed E-state index contributed by atoms with van der Waals surface area (Å²) in [6.45, 7) is 6.67. The number of hydrogen-bond donors (Lipinski definition) is 1. The summed E-state index contributed by atoms with van der Waals surface area (Å²) < 4.78 is 0. The normalized spacial score (nSPS) is 24.4. The average Bonchev–Trinajstić information content (AvgIpc) is 2.20. The molecule has 14 heavy (non-hydrogen) atoms. The van der Waals surface area contributed by atoms with E-state index >= 15 is 0 Å². The zero-order valence-corrected chi connectivity index (χ0v) is 9.58. The fraction of sp³-hybridized carbons (Fsp3) is 1.00. The van der Waals surface area contributed by atoms with Gasteiger partial charge in [0.2, 0.25) is 0 Å². The molecule has 0 radical (unpaired) electrons. The maximum atomic E-state index is 8.91. The fourth-order valence-corrected chi connectivity index (χ4v) is 2.19. The Hall–Kier alpha value is -0.120. The highest BCUT2D eigenvalue weighted by atomic mass is 16.3. The summed E-state index contributed by atoms with van der Waals surface area (Å²) in [6, 6.07) is 0.704. The van der Waals surface area contributed by atoms with E-state index in [1.165, 1.54) is 25.8 Å². The fourth-order valence-electron chi connectivity index (χ4n) is 2.19. The van der Waals surface area contributed by atoms with Gasteiger partial charge in [-0.25, -0.2) is 0 Å². The molecule has 1 fully saturated rings. The minimum absolute atomic E-state index is 0.282. The largest absolute Gasteiger partial charge is 0.395 e. The van der Waals surface area contributed by atoms with Gasteiger partial charge in [0.05, 0.1) is 6.61 Å². The molecule has 0 unspecified atom stereocenters. The third-order valence-corrected chi connectivity index (χ3v) is 3.25. The SMILES string of the molecule is CCN(CCO)C[C@@H]1CCCCN1C. The van der Waals surface area contributed by atoms with Gasteiger partial charge in [-0.2, -0.15) is 0 Å². The number of piperidine rings is 1. The average molecular weight is 200 g/mol. The number of hydrogen-bond acceptors (Lipinski definition) is 3. The van der Waals surface area contributed by atoms with Crippen molar-refractivity contribution >= 4 is 0 Å². The topological polar surface area (TPSA) is 26.7 Å². The molecule has 0 aliphatic carbocycles. The zero-order valence-electron chi connectivity index (χ0n) is 9.58. The smallest absolute Gasteiger partial charge is 0.0558 e. The Bertz CT molecular complexity index is 152. The molecule has 0 amide bonds. The molecule has 0 spiro atoms. The second-order valence-corrected chi connectivity index (χ2v) is 4.25. The second kappa shape index (κ2) is 6.38. The predicted molar refractivity (Wildman–Crippen MR) is 59.5 cm³/mol. The number of likely N-dealkylation sites (N-methyl/N-ethyl adjacent to an activating group) is 2. The molecular formula is C11H24N2O. The summed E-state index contributed by atoms with van der Waals surface area (Å²) in [6.07, 6.45) is 4.03. The number of rotatable bonds is 5. The van der Waals surface area contributed by atoms with Gasteiger partial charge in [0.15, 0.2) is 0 Å². The van der Waals surface area contributed by atoms with Crippen molar-refractivity contribution in [2.75, 3.05) is 39.8 Å². The molecule has 1 aliphatic heterocycles. The molecule has 84 valence electrons. The van der Waals surface area contributed by atoms with Crippen LogP contribution in [0.25, 0.3) is 0 Å². The van der Waals surface area contributed by atoms with Crippen LogP contribution in [0.15, 0.2) is 0 Å². The Morgan fingerprint density at radius 3 is 2.79 bits per heavy atom. The van der Waals surface area contributed by atoms with E-state index < -0.39 is 0 Å². The van der Waals surface area contributed by atoms with Crippen molar-refractivity contribution in [2.45, 2.75) is 32.2 Å². The van der Waals surface area contributed by atoms with Crippen molar-refractivity contribution in [1.82, 2.24) is 9.80 Å². The minimum Gasteiger partial charge on any atom is -0.395 e. The van der Waals surface area contributed by atoms with Crippen LogP contribution in [0.3, 0.4) is 0 Å². The van der Waals surface area contributed by atoms with Crippen LogP contribution < -0.4 is 0 Å². The highest BCUT2D eigenvalue weighted by Gasteiger charge is 2.20. The first-order valence-electron chi connectivity index (χ1n) is 5.81. The Morgan fingerprint density at radius 1 is 1.43 bits per heavy atom. The third-order valence-electron chi connectivity index (χ3n) is 3.25. The molecule has 0 aromatic heterocycles. The van der Waals surface area contributed by atoms with Gasteiger partial charge in [-0.3, -0.25) is 4.90 Å². The molecule has 1 heterocycles. The summed E-state index contributed by atoms with van der Waals surface area (Å²) >= 11 is 0. The third kappa shape index (κ3) is 3.56. The Balaban J connectivity index is 2.31. The van der Waals surface area contributed by atoms with Crippen LogP contribution in [0.1, 0.15) is 26.2 Å². The van der Waals surface area contributed by atoms with Crippen LogP contribution >= 0.6 is 0 Å². The molecule has 1 saturated heterocycles. The van der Waals surface area contributed by atoms with E-state index in [2.05, 4.69) is 23.8 Å². The molecular weight excluding hydrogens is 176 g/mol. The van der Waals surface area contributed by atoms with E-state index in [-0.39, 0.29) is 6.61 Å². The van der Waals surface area contributed by atoms with Crippen LogP contribution in [0.5, 0.6) is 0 Å². The van der Waals surface area contributed by atoms with Crippen molar-refractivity contribution in [3.8, 4) is 0 Å². The lowest BCUT2D eigenvalue weighted by atomic mass is 10.0. The molecule has 1 rings (SSSR count). The van der Waals surface area contributed by atoms with Gasteiger partial charge in [-0.05, 0) is 33.0 Å². The van der Waals surface area contributed by atoms with Gasteiger partial charge < -0.3 is 10.0 Å². The maximum absolute atomic E-state index is 8.91. The van der Waals surface area contributed by atoms with E-state index in [1.807, 2.05) is 0 Å². The highest BCUT2D eigenvalue weighted by molar-refractivity contribution is 4.77. The molecule has 0 saturated carbocycles. The van der Waals surface area contributed by atoms with Crippen molar-refractivity contribution in [3.05, 3.63) is 0 Å². The standard InChI is InChI=1S/C11H24N2O/c1-3-13(8-9-14)10-11-6-4-5-7-12(11)2/h11,14H,3-10H2,1-2H3/t11-/m0/s1. The lowest BCUT2D eigenvalue weighted by Gasteiger charge is -2.35. The van der Waals surface area contributed by atoms with Gasteiger partial charge >= 0.3 is 0 Å². The molecule has 0 aromatic rings. The first-order valence-corrected chi connectivity index (χ1v) is 5.81. The van der Waals surface area contributed by atoms with Gasteiger partial charge in [0.25, 0.3) is 0 Å². The Kier molecular flexibility index (Phi) is 5.45. The number of aliphatic hydroxyl groups excluding tert-OH is 1. The van der Waals surface area contributed by atoms with Gasteiger partial charge in [0, 0.05) is 19.1 Å². The van der Waals surface area contributed by atoms with Crippen LogP contribution in [-0.2, 0) is 0 Å². The molecule has 3 heteroatoms. The van der Waals surface area contributed by atoms with Crippen LogP contribution in [0, 0.1) is 0 Å². The van der Waals surface area contributed by atoms with Gasteiger partial charge in [0.1, 0.15) is 0 Å². The molecule has 0 aromatic carbocycles. The summed E-state index contributed by atoms with van der Waals surface area (Å²) in [5, 5.41) is 8.91. The van der Waals surface area contributed by atoms with Crippen molar-refractivity contribution in [2.24, 2.45) is 0 Å². The maximum Gasteiger partial charge on any atom is 0.0558 e. The Labute approximate surface area is 87.7 Å². The molecule has 1 aliphatic rings. The van der Waals surface area contributed by atoms with E-state index in [9.17, 15) is 0 Å². The van der Waals surface area contributed by atoms with Crippen LogP contribution in [0.4, 0.5) is 0 Å². The highest BCUT2D eigenvalue weighted by Crippen LogP contribution is 2.15. The first kappa shape index (κ1) is 12.0. The Morgan fingerprint density at radius 2 is 2.21 bits per heavy atom. The van der Waals surface area contributed by atoms with E-state index in [1.54, 1.807) is 0 Å². The second-order valence-electron chi connectivity index (χ2n) is 4.25. The van der Waals surface area contributed by atoms with Crippen LogP contribution in [-0.4, -0.2) is 60.8 Å². The van der Waals surface area contributed by atoms with Gasteiger partial charge in [-0.15, -0.1) is 0 Å². The minimum atomic E-state index is 0.282. The zero-order chi connectivity index (χ0) is 10.4. The predicted octanol–water partition coefficient (Wildman–Crippen LogP) is 0.785. The lowest BCUT2D eigenvalue weighted by Crippen LogP contribution is -2.45. The summed E-state index contributed by atoms with van der Waals surface area (Å²) in [5.41, 5.74) is 0. The number of aliphatic hydroxyl groups is 1. The van der Waals surface area contributed by atoms with E-state index in [4.69, 9.17) is 5.11 Å². The number of likely N-dealkylation sites (tertiary alicyclic amines) is 1.